The van der Waals surface area contributed by atoms with E-state index in [0.29, 0.717) is 0 Å². The molecule has 2 bridgehead atoms. The van der Waals surface area contributed by atoms with Crippen molar-refractivity contribution in [2.24, 2.45) is 23.7 Å². The van der Waals surface area contributed by atoms with Gasteiger partial charge in [0.05, 0.1) is 17.5 Å². The molecule has 2 N–H and O–H groups in total. The molecule has 0 spiro atoms. The molecule has 4 nitrogen and oxygen atoms in total. The van der Waals surface area contributed by atoms with Gasteiger partial charge in [0.15, 0.2) is 0 Å². The summed E-state index contributed by atoms with van der Waals surface area (Å²) in [5.41, 5.74) is 0.744. The third kappa shape index (κ3) is 2.24. The highest BCUT2D eigenvalue weighted by atomic mass is 127. The maximum atomic E-state index is 12.5. The first kappa shape index (κ1) is 13.6. The third-order valence-electron chi connectivity index (χ3n) is 4.18. The normalized spacial score (nSPS) is 30.4. The minimum atomic E-state index is -0.871. The van der Waals surface area contributed by atoms with Crippen LogP contribution >= 0.6 is 22.6 Å². The van der Waals surface area contributed by atoms with Gasteiger partial charge in [-0.15, -0.1) is 0 Å². The summed E-state index contributed by atoms with van der Waals surface area (Å²) in [5, 5.41) is 12.2. The molecule has 20 heavy (non-hydrogen) atoms. The van der Waals surface area contributed by atoms with Crippen molar-refractivity contribution in [3.05, 3.63) is 40.0 Å². The number of aliphatic carboxylic acids is 1. The lowest BCUT2D eigenvalue weighted by molar-refractivity contribution is -0.146. The average molecular weight is 383 g/mol. The summed E-state index contributed by atoms with van der Waals surface area (Å²) in [4.78, 5) is 23.9. The standard InChI is InChI=1S/C15H14INO3/c16-10-3-1-2-4-11(10)17-14(18)12-8-5-6-9(7-8)13(12)15(19)20/h1-6,8-9,12-13H,7H2,(H,17,18)(H,19,20)/t8-,9-,12+,13-/m0/s1. The third-order valence-corrected chi connectivity index (χ3v) is 5.12. The Kier molecular flexibility index (Phi) is 3.54. The Bertz CT molecular complexity index is 599. The topological polar surface area (TPSA) is 66.4 Å². The molecule has 0 saturated heterocycles. The summed E-state index contributed by atoms with van der Waals surface area (Å²) in [6.07, 6.45) is 4.71. The second-order valence-corrected chi connectivity index (χ2v) is 6.47. The van der Waals surface area contributed by atoms with Crippen molar-refractivity contribution in [3.8, 4) is 0 Å². The van der Waals surface area contributed by atoms with E-state index in [1.165, 1.54) is 0 Å². The number of benzene rings is 1. The monoisotopic (exact) mass is 383 g/mol. The predicted octanol–water partition coefficient (Wildman–Crippen LogP) is 2.75. The zero-order valence-corrected chi connectivity index (χ0v) is 12.8. The minimum absolute atomic E-state index is 0.00287. The molecule has 1 amide bonds. The summed E-state index contributed by atoms with van der Waals surface area (Å²) in [6.45, 7) is 0. The molecule has 1 saturated carbocycles. The first-order valence-electron chi connectivity index (χ1n) is 6.54. The van der Waals surface area contributed by atoms with Crippen LogP contribution in [0.25, 0.3) is 0 Å². The van der Waals surface area contributed by atoms with Gasteiger partial charge in [0.2, 0.25) is 5.91 Å². The van der Waals surface area contributed by atoms with Crippen molar-refractivity contribution in [1.82, 2.24) is 0 Å². The minimum Gasteiger partial charge on any atom is -0.481 e. The fourth-order valence-electron chi connectivity index (χ4n) is 3.29. The van der Waals surface area contributed by atoms with Gasteiger partial charge >= 0.3 is 5.97 Å². The fraction of sp³-hybridized carbons (Fsp3) is 0.333. The summed E-state index contributed by atoms with van der Waals surface area (Å²) >= 11 is 2.15. The SMILES string of the molecule is O=C(O)[C@@H]1[C@H](C(=O)Nc2ccccc2I)[C@H]2C=C[C@H]1C2. The van der Waals surface area contributed by atoms with E-state index in [2.05, 4.69) is 27.9 Å². The fourth-order valence-corrected chi connectivity index (χ4v) is 3.82. The lowest BCUT2D eigenvalue weighted by Gasteiger charge is -2.24. The number of para-hydroxylation sites is 1. The number of hydrogen-bond acceptors (Lipinski definition) is 2. The number of halogens is 1. The number of allylic oxidation sites excluding steroid dienone is 2. The Morgan fingerprint density at radius 1 is 1.15 bits per heavy atom. The average Bonchev–Trinajstić information content (AvgIpc) is 3.01. The van der Waals surface area contributed by atoms with Crippen LogP contribution in [0, 0.1) is 27.2 Å². The maximum Gasteiger partial charge on any atom is 0.307 e. The second-order valence-electron chi connectivity index (χ2n) is 5.31. The van der Waals surface area contributed by atoms with E-state index in [-0.39, 0.29) is 17.7 Å². The van der Waals surface area contributed by atoms with Crippen molar-refractivity contribution < 1.29 is 14.7 Å². The van der Waals surface area contributed by atoms with Gasteiger partial charge in [0, 0.05) is 3.57 Å². The number of carbonyl (C=O) groups excluding carboxylic acids is 1. The Hall–Kier alpha value is -1.37. The quantitative estimate of drug-likeness (QED) is 0.623. The van der Waals surface area contributed by atoms with Gasteiger partial charge in [0.25, 0.3) is 0 Å². The van der Waals surface area contributed by atoms with E-state index < -0.39 is 17.8 Å². The van der Waals surface area contributed by atoms with Gasteiger partial charge < -0.3 is 10.4 Å². The highest BCUT2D eigenvalue weighted by molar-refractivity contribution is 14.1. The zero-order valence-electron chi connectivity index (χ0n) is 10.6. The van der Waals surface area contributed by atoms with Crippen molar-refractivity contribution in [1.29, 1.82) is 0 Å². The van der Waals surface area contributed by atoms with Crippen LogP contribution < -0.4 is 5.32 Å². The number of rotatable bonds is 3. The molecule has 0 heterocycles. The number of hydrogen-bond donors (Lipinski definition) is 2. The number of carboxylic acids is 1. The van der Waals surface area contributed by atoms with Crippen molar-refractivity contribution in [2.45, 2.75) is 6.42 Å². The Labute approximate surface area is 130 Å². The Balaban J connectivity index is 1.82. The van der Waals surface area contributed by atoms with E-state index in [9.17, 15) is 14.7 Å². The largest absolute Gasteiger partial charge is 0.481 e. The molecule has 2 aliphatic rings. The smallest absolute Gasteiger partial charge is 0.307 e. The van der Waals surface area contributed by atoms with Crippen molar-refractivity contribution in [3.63, 3.8) is 0 Å². The molecular formula is C15H14INO3. The molecule has 0 unspecified atom stereocenters. The van der Waals surface area contributed by atoms with Crippen LogP contribution in [0.15, 0.2) is 36.4 Å². The lowest BCUT2D eigenvalue weighted by atomic mass is 9.82. The predicted molar refractivity (Wildman–Crippen MR) is 83.1 cm³/mol. The van der Waals surface area contributed by atoms with Crippen molar-refractivity contribution >= 4 is 40.2 Å². The molecule has 4 atom stereocenters. The number of amides is 1. The second kappa shape index (κ2) is 5.20. The van der Waals surface area contributed by atoms with Crippen LogP contribution in [0.5, 0.6) is 0 Å². The number of nitrogens with one attached hydrogen (secondary N) is 1. The molecule has 2 aliphatic carbocycles. The molecule has 1 aromatic rings. The van der Waals surface area contributed by atoms with Crippen LogP contribution in [0.1, 0.15) is 6.42 Å². The molecular weight excluding hydrogens is 369 g/mol. The first-order chi connectivity index (χ1) is 9.58. The lowest BCUT2D eigenvalue weighted by Crippen LogP contribution is -2.36. The zero-order chi connectivity index (χ0) is 14.3. The number of fused-ring (bicyclic) bond motifs is 2. The molecule has 0 radical (unpaired) electrons. The summed E-state index contributed by atoms with van der Waals surface area (Å²) < 4.78 is 0.948. The van der Waals surface area contributed by atoms with Gasteiger partial charge in [-0.3, -0.25) is 9.59 Å². The van der Waals surface area contributed by atoms with Crippen molar-refractivity contribution in [2.75, 3.05) is 5.32 Å². The van der Waals surface area contributed by atoms with Gasteiger partial charge in [-0.05, 0) is 53.0 Å². The molecule has 0 aliphatic heterocycles. The van der Waals surface area contributed by atoms with Crippen LogP contribution in [0.3, 0.4) is 0 Å². The van der Waals surface area contributed by atoms with Gasteiger partial charge in [-0.1, -0.05) is 24.3 Å². The van der Waals surface area contributed by atoms with Gasteiger partial charge in [-0.2, -0.15) is 0 Å². The Morgan fingerprint density at radius 3 is 2.45 bits per heavy atom. The molecule has 104 valence electrons. The van der Waals surface area contributed by atoms with Crippen LogP contribution in [0.2, 0.25) is 0 Å². The maximum absolute atomic E-state index is 12.5. The molecule has 0 aromatic heterocycles. The molecule has 5 heteroatoms. The van der Waals surface area contributed by atoms with E-state index in [1.54, 1.807) is 0 Å². The summed E-state index contributed by atoms with van der Waals surface area (Å²) in [6, 6.07) is 7.49. The molecule has 1 aromatic carbocycles. The summed E-state index contributed by atoms with van der Waals surface area (Å²) in [7, 11) is 0. The molecule has 3 rings (SSSR count). The summed E-state index contributed by atoms with van der Waals surface area (Å²) in [5.74, 6) is -2.04. The van der Waals surface area contributed by atoms with Crippen LogP contribution in [-0.4, -0.2) is 17.0 Å². The number of carboxylic acid groups (broad SMARTS) is 1. The van der Waals surface area contributed by atoms with E-state index in [4.69, 9.17) is 0 Å². The van der Waals surface area contributed by atoms with E-state index >= 15 is 0 Å². The van der Waals surface area contributed by atoms with E-state index in [1.807, 2.05) is 36.4 Å². The van der Waals surface area contributed by atoms with Gasteiger partial charge in [0.1, 0.15) is 0 Å². The van der Waals surface area contributed by atoms with Crippen LogP contribution in [-0.2, 0) is 9.59 Å². The highest BCUT2D eigenvalue weighted by Crippen LogP contribution is 2.48. The number of carbonyl (C=O) groups is 2. The highest BCUT2D eigenvalue weighted by Gasteiger charge is 2.51. The first-order valence-corrected chi connectivity index (χ1v) is 7.62. The molecule has 1 fully saturated rings. The van der Waals surface area contributed by atoms with E-state index in [0.717, 1.165) is 15.7 Å². The Morgan fingerprint density at radius 2 is 1.80 bits per heavy atom. The van der Waals surface area contributed by atoms with Gasteiger partial charge in [-0.25, -0.2) is 0 Å². The van der Waals surface area contributed by atoms with Crippen LogP contribution in [0.4, 0.5) is 5.69 Å². The number of anilines is 1.